The molecule has 21 heavy (non-hydrogen) atoms. The predicted molar refractivity (Wildman–Crippen MR) is 80.1 cm³/mol. The molecule has 0 atom stereocenters. The molecule has 0 saturated carbocycles. The zero-order valence-electron chi connectivity index (χ0n) is 10.4. The van der Waals surface area contributed by atoms with Crippen LogP contribution in [0.4, 0.5) is 5.69 Å². The number of nitrogen functional groups attached to an aromatic ring is 1. The second kappa shape index (κ2) is 6.16. The normalized spacial score (nSPS) is 10.4. The number of hydrogen-bond acceptors (Lipinski definition) is 6. The minimum absolute atomic E-state index is 0.127. The van der Waals surface area contributed by atoms with Crippen molar-refractivity contribution in [1.29, 1.82) is 0 Å². The number of hydrazine groups is 1. The van der Waals surface area contributed by atoms with E-state index < -0.39 is 22.1 Å². The number of aromatic nitrogens is 1. The van der Waals surface area contributed by atoms with E-state index >= 15 is 0 Å². The molecule has 0 aliphatic rings. The number of nitro groups is 1. The summed E-state index contributed by atoms with van der Waals surface area (Å²) in [4.78, 5) is 34.5. The van der Waals surface area contributed by atoms with Crippen LogP contribution in [0.25, 0.3) is 0 Å². The van der Waals surface area contributed by atoms with Crippen LogP contribution in [0.15, 0.2) is 33.7 Å². The molecule has 0 aromatic carbocycles. The summed E-state index contributed by atoms with van der Waals surface area (Å²) in [5.41, 5.74) is 0.789. The Labute approximate surface area is 130 Å². The van der Waals surface area contributed by atoms with Crippen LogP contribution in [0, 0.1) is 10.1 Å². The van der Waals surface area contributed by atoms with E-state index in [0.717, 1.165) is 17.4 Å². The Morgan fingerprint density at radius 1 is 1.52 bits per heavy atom. The maximum Gasteiger partial charge on any atom is 0.335 e. The highest BCUT2D eigenvalue weighted by Crippen LogP contribution is 2.19. The van der Waals surface area contributed by atoms with Crippen molar-refractivity contribution < 1.29 is 9.72 Å². The van der Waals surface area contributed by atoms with Gasteiger partial charge >= 0.3 is 11.2 Å². The largest absolute Gasteiger partial charge is 0.335 e. The number of nitrogens with zero attached hydrogens (tertiary/aromatic N) is 2. The average molecular weight is 373 g/mol. The van der Waals surface area contributed by atoms with Crippen molar-refractivity contribution in [2.24, 2.45) is 5.84 Å². The maximum atomic E-state index is 12.0. The fourth-order valence-corrected chi connectivity index (χ4v) is 3.03. The molecule has 0 radical (unpaired) electrons. The van der Waals surface area contributed by atoms with Gasteiger partial charge in [0.1, 0.15) is 0 Å². The zero-order chi connectivity index (χ0) is 15.6. The first-order valence-electron chi connectivity index (χ1n) is 5.56. The number of hydrogen-bond donors (Lipinski definition) is 2. The van der Waals surface area contributed by atoms with Crippen molar-refractivity contribution in [3.63, 3.8) is 0 Å². The molecule has 2 aromatic rings. The monoisotopic (exact) mass is 372 g/mol. The topological polar surface area (TPSA) is 120 Å². The number of carbonyl (C=O) groups excluding carboxylic acids is 1. The molecule has 0 fully saturated rings. The number of thiophene rings is 1. The van der Waals surface area contributed by atoms with Gasteiger partial charge in [0.25, 0.3) is 5.91 Å². The van der Waals surface area contributed by atoms with Crippen LogP contribution in [0.2, 0.25) is 0 Å². The molecule has 3 N–H and O–H groups in total. The fraction of sp³-hybridized carbons (Fsp3) is 0.0909. The first-order chi connectivity index (χ1) is 9.92. The van der Waals surface area contributed by atoms with E-state index in [2.05, 4.69) is 15.9 Å². The van der Waals surface area contributed by atoms with E-state index in [-0.39, 0.29) is 6.54 Å². The summed E-state index contributed by atoms with van der Waals surface area (Å²) in [5.74, 6) is 4.60. The SMILES string of the molecule is NNC(=O)c1ccc(Cn2cc(Br)cc([N+](=O)[O-])c2=O)s1. The van der Waals surface area contributed by atoms with Gasteiger partial charge in [0.05, 0.1) is 16.3 Å². The molecule has 0 aliphatic heterocycles. The van der Waals surface area contributed by atoms with Gasteiger partial charge in [-0.05, 0) is 28.1 Å². The Kier molecular flexibility index (Phi) is 4.50. The van der Waals surface area contributed by atoms with E-state index in [4.69, 9.17) is 5.84 Å². The number of halogens is 1. The van der Waals surface area contributed by atoms with Crippen LogP contribution in [-0.4, -0.2) is 15.4 Å². The molecule has 1 amide bonds. The molecule has 0 aliphatic carbocycles. The zero-order valence-corrected chi connectivity index (χ0v) is 12.8. The van der Waals surface area contributed by atoms with Crippen LogP contribution in [-0.2, 0) is 6.54 Å². The van der Waals surface area contributed by atoms with E-state index in [0.29, 0.717) is 14.2 Å². The van der Waals surface area contributed by atoms with Gasteiger partial charge < -0.3 is 4.57 Å². The minimum Gasteiger partial charge on any atom is -0.303 e. The lowest BCUT2D eigenvalue weighted by Gasteiger charge is -2.04. The quantitative estimate of drug-likeness (QED) is 0.362. The summed E-state index contributed by atoms with van der Waals surface area (Å²) in [6.45, 7) is 0.127. The second-order valence-corrected chi connectivity index (χ2v) is 6.06. The minimum atomic E-state index is -0.731. The molecule has 8 nitrogen and oxygen atoms in total. The van der Waals surface area contributed by atoms with Gasteiger partial charge in [-0.1, -0.05) is 0 Å². The summed E-state index contributed by atoms with van der Waals surface area (Å²) >= 11 is 4.28. The Balaban J connectivity index is 2.36. The lowest BCUT2D eigenvalue weighted by molar-refractivity contribution is -0.386. The van der Waals surface area contributed by atoms with E-state index in [1.165, 1.54) is 10.8 Å². The van der Waals surface area contributed by atoms with Crippen LogP contribution in [0.3, 0.4) is 0 Å². The molecule has 0 saturated heterocycles. The number of rotatable bonds is 4. The molecule has 0 bridgehead atoms. The first-order valence-corrected chi connectivity index (χ1v) is 7.17. The highest BCUT2D eigenvalue weighted by atomic mass is 79.9. The van der Waals surface area contributed by atoms with Crippen LogP contribution >= 0.6 is 27.3 Å². The molecule has 110 valence electrons. The highest BCUT2D eigenvalue weighted by Gasteiger charge is 2.17. The lowest BCUT2D eigenvalue weighted by Crippen LogP contribution is -2.29. The standard InChI is InChI=1S/C11H9BrN4O4S/c12-6-3-8(16(19)20)11(18)15(4-6)5-7-1-2-9(21-7)10(17)14-13/h1-4H,5,13H2,(H,14,17). The third-order valence-corrected chi connectivity index (χ3v) is 4.08. The maximum absolute atomic E-state index is 12.0. The Bertz CT molecular complexity index is 770. The molecule has 2 rings (SSSR count). The smallest absolute Gasteiger partial charge is 0.303 e. The molecular formula is C11H9BrN4O4S. The molecule has 0 spiro atoms. The van der Waals surface area contributed by atoms with Gasteiger partial charge in [-0.25, -0.2) is 5.84 Å². The Morgan fingerprint density at radius 2 is 2.24 bits per heavy atom. The second-order valence-electron chi connectivity index (χ2n) is 3.97. The van der Waals surface area contributed by atoms with Crippen LogP contribution < -0.4 is 16.8 Å². The average Bonchev–Trinajstić information content (AvgIpc) is 2.89. The molecule has 2 aromatic heterocycles. The number of nitrogens with one attached hydrogen (secondary N) is 1. The predicted octanol–water partition coefficient (Wildman–Crippen LogP) is 1.23. The summed E-state index contributed by atoms with van der Waals surface area (Å²) in [6.07, 6.45) is 1.46. The number of amides is 1. The van der Waals surface area contributed by atoms with Gasteiger partial charge in [-0.15, -0.1) is 11.3 Å². The van der Waals surface area contributed by atoms with Crippen molar-refractivity contribution in [2.45, 2.75) is 6.54 Å². The number of carbonyl (C=O) groups is 1. The fourth-order valence-electron chi connectivity index (χ4n) is 1.66. The highest BCUT2D eigenvalue weighted by molar-refractivity contribution is 9.10. The van der Waals surface area contributed by atoms with Crippen molar-refractivity contribution >= 4 is 38.9 Å². The van der Waals surface area contributed by atoms with Gasteiger partial charge in [0.15, 0.2) is 0 Å². The van der Waals surface area contributed by atoms with Crippen molar-refractivity contribution in [3.05, 3.63) is 59.1 Å². The molecular weight excluding hydrogens is 364 g/mol. The van der Waals surface area contributed by atoms with E-state index in [1.54, 1.807) is 12.1 Å². The van der Waals surface area contributed by atoms with Crippen molar-refractivity contribution in [2.75, 3.05) is 0 Å². The van der Waals surface area contributed by atoms with Gasteiger partial charge in [-0.2, -0.15) is 0 Å². The van der Waals surface area contributed by atoms with E-state index in [9.17, 15) is 19.7 Å². The third-order valence-electron chi connectivity index (χ3n) is 2.57. The molecule has 0 unspecified atom stereocenters. The summed E-state index contributed by atoms with van der Waals surface area (Å²) in [7, 11) is 0. The molecule has 2 heterocycles. The van der Waals surface area contributed by atoms with Crippen LogP contribution in [0.5, 0.6) is 0 Å². The van der Waals surface area contributed by atoms with Crippen LogP contribution in [0.1, 0.15) is 14.5 Å². The summed E-state index contributed by atoms with van der Waals surface area (Å²) < 4.78 is 1.63. The van der Waals surface area contributed by atoms with Crippen molar-refractivity contribution in [1.82, 2.24) is 9.99 Å². The third kappa shape index (κ3) is 3.35. The summed E-state index contributed by atoms with van der Waals surface area (Å²) in [6, 6.07) is 4.38. The molecule has 10 heteroatoms. The number of pyridine rings is 1. The van der Waals surface area contributed by atoms with Crippen molar-refractivity contribution in [3.8, 4) is 0 Å². The van der Waals surface area contributed by atoms with Gasteiger partial charge in [-0.3, -0.25) is 25.1 Å². The lowest BCUT2D eigenvalue weighted by atomic mass is 10.3. The van der Waals surface area contributed by atoms with Gasteiger partial charge in [0.2, 0.25) is 0 Å². The van der Waals surface area contributed by atoms with Gasteiger partial charge in [0, 0.05) is 21.6 Å². The van der Waals surface area contributed by atoms with E-state index in [1.807, 2.05) is 5.43 Å². The summed E-state index contributed by atoms with van der Waals surface area (Å²) in [5, 5.41) is 10.8. The Hall–Kier alpha value is -2.04. The first kappa shape index (κ1) is 15.4. The Morgan fingerprint density at radius 3 is 2.86 bits per heavy atom. The number of nitrogens with two attached hydrogens (primary N) is 1.